The monoisotopic (exact) mass is 186 g/mol. The lowest BCUT2D eigenvalue weighted by Gasteiger charge is -2.01. The summed E-state index contributed by atoms with van der Waals surface area (Å²) in [5.41, 5.74) is 0.909. The Hall–Kier alpha value is -1.11. The smallest absolute Gasteiger partial charge is 0.166 e. The Labute approximate surface area is 84.1 Å². The first-order valence-corrected chi connectivity index (χ1v) is 5.47. The number of carbonyl (C=O) groups is 1. The van der Waals surface area contributed by atoms with E-state index in [9.17, 15) is 4.79 Å². The van der Waals surface area contributed by atoms with Gasteiger partial charge in [-0.15, -0.1) is 0 Å². The summed E-state index contributed by atoms with van der Waals surface area (Å²) in [6.07, 6.45) is 3.91. The summed E-state index contributed by atoms with van der Waals surface area (Å²) in [6, 6.07) is 9.74. The molecule has 0 aromatic heterocycles. The molecule has 0 spiro atoms. The summed E-state index contributed by atoms with van der Waals surface area (Å²) < 4.78 is 0. The second kappa shape index (κ2) is 2.94. The molecule has 2 saturated carbocycles. The van der Waals surface area contributed by atoms with Crippen LogP contribution in [-0.4, -0.2) is 5.78 Å². The van der Waals surface area contributed by atoms with E-state index in [0.29, 0.717) is 11.7 Å². The van der Waals surface area contributed by atoms with Crippen molar-refractivity contribution in [3.05, 3.63) is 35.9 Å². The molecule has 0 heterocycles. The van der Waals surface area contributed by atoms with E-state index in [4.69, 9.17) is 0 Å². The van der Waals surface area contributed by atoms with Crippen LogP contribution in [0.15, 0.2) is 30.3 Å². The first-order chi connectivity index (χ1) is 6.88. The second-order valence-corrected chi connectivity index (χ2v) is 4.51. The molecule has 2 fully saturated rings. The molecule has 3 rings (SSSR count). The van der Waals surface area contributed by atoms with Gasteiger partial charge in [0.1, 0.15) is 0 Å². The van der Waals surface area contributed by atoms with E-state index < -0.39 is 0 Å². The Kier molecular flexibility index (Phi) is 1.73. The maximum absolute atomic E-state index is 12.0. The summed E-state index contributed by atoms with van der Waals surface area (Å²) in [4.78, 5) is 12.0. The van der Waals surface area contributed by atoms with Crippen LogP contribution < -0.4 is 0 Å². The van der Waals surface area contributed by atoms with Crippen LogP contribution in [0.25, 0.3) is 0 Å². The molecular formula is C13H14O. The van der Waals surface area contributed by atoms with Gasteiger partial charge in [-0.2, -0.15) is 0 Å². The number of hydrogen-bond donors (Lipinski definition) is 0. The fraction of sp³-hybridized carbons (Fsp3) is 0.462. The molecule has 1 aromatic carbocycles. The summed E-state index contributed by atoms with van der Waals surface area (Å²) >= 11 is 0. The number of hydrogen-bond acceptors (Lipinski definition) is 1. The van der Waals surface area contributed by atoms with Crippen LogP contribution in [0.4, 0.5) is 0 Å². The Morgan fingerprint density at radius 3 is 2.36 bits per heavy atom. The van der Waals surface area contributed by atoms with Crippen LogP contribution in [0.3, 0.4) is 0 Å². The van der Waals surface area contributed by atoms with Gasteiger partial charge in [-0.25, -0.2) is 0 Å². The van der Waals surface area contributed by atoms with Gasteiger partial charge in [0.05, 0.1) is 0 Å². The van der Waals surface area contributed by atoms with Crippen LogP contribution in [0, 0.1) is 17.8 Å². The predicted octanol–water partition coefficient (Wildman–Crippen LogP) is 2.92. The van der Waals surface area contributed by atoms with E-state index in [1.165, 1.54) is 19.3 Å². The number of ketones is 1. The van der Waals surface area contributed by atoms with E-state index in [2.05, 4.69) is 0 Å². The molecule has 1 nitrogen and oxygen atoms in total. The van der Waals surface area contributed by atoms with Gasteiger partial charge in [0.2, 0.25) is 0 Å². The van der Waals surface area contributed by atoms with Gasteiger partial charge in [-0.1, -0.05) is 36.8 Å². The molecule has 72 valence electrons. The lowest BCUT2D eigenvalue weighted by Crippen LogP contribution is -2.05. The highest BCUT2D eigenvalue weighted by Gasteiger charge is 2.56. The molecule has 2 aliphatic carbocycles. The fourth-order valence-electron chi connectivity index (χ4n) is 3.01. The van der Waals surface area contributed by atoms with Crippen molar-refractivity contribution in [1.82, 2.24) is 0 Å². The maximum Gasteiger partial charge on any atom is 0.166 e. The van der Waals surface area contributed by atoms with Crippen molar-refractivity contribution in [2.75, 3.05) is 0 Å². The Morgan fingerprint density at radius 2 is 1.71 bits per heavy atom. The van der Waals surface area contributed by atoms with Crippen molar-refractivity contribution in [2.24, 2.45) is 17.8 Å². The molecular weight excluding hydrogens is 172 g/mol. The van der Waals surface area contributed by atoms with E-state index in [1.54, 1.807) is 0 Å². The van der Waals surface area contributed by atoms with Crippen LogP contribution in [0.5, 0.6) is 0 Å². The summed E-state index contributed by atoms with van der Waals surface area (Å²) in [7, 11) is 0. The first kappa shape index (κ1) is 8.22. The molecule has 0 radical (unpaired) electrons. The normalized spacial score (nSPS) is 33.9. The molecule has 0 saturated heterocycles. The molecule has 2 unspecified atom stereocenters. The minimum atomic E-state index is 0.381. The third-order valence-electron chi connectivity index (χ3n) is 3.77. The Balaban J connectivity index is 1.79. The average molecular weight is 186 g/mol. The largest absolute Gasteiger partial charge is 0.294 e. The van der Waals surface area contributed by atoms with Gasteiger partial charge in [-0.3, -0.25) is 4.79 Å². The number of rotatable bonds is 2. The SMILES string of the molecule is O=C(c1ccccc1)C1C2CCCC21. The van der Waals surface area contributed by atoms with Crippen molar-refractivity contribution >= 4 is 5.78 Å². The number of Topliss-reactive ketones (excluding diaryl/α,β-unsaturated/α-hetero) is 1. The van der Waals surface area contributed by atoms with Crippen molar-refractivity contribution in [3.63, 3.8) is 0 Å². The van der Waals surface area contributed by atoms with E-state index in [1.807, 2.05) is 30.3 Å². The van der Waals surface area contributed by atoms with E-state index >= 15 is 0 Å². The fourth-order valence-corrected chi connectivity index (χ4v) is 3.01. The highest BCUT2D eigenvalue weighted by Crippen LogP contribution is 2.58. The summed E-state index contributed by atoms with van der Waals surface area (Å²) in [6.45, 7) is 0. The lowest BCUT2D eigenvalue weighted by molar-refractivity contribution is 0.0951. The van der Waals surface area contributed by atoms with Gasteiger partial charge < -0.3 is 0 Å². The zero-order chi connectivity index (χ0) is 9.54. The number of carbonyl (C=O) groups excluding carboxylic acids is 1. The van der Waals surface area contributed by atoms with E-state index in [0.717, 1.165) is 17.4 Å². The van der Waals surface area contributed by atoms with Crippen molar-refractivity contribution in [2.45, 2.75) is 19.3 Å². The molecule has 2 aliphatic rings. The van der Waals surface area contributed by atoms with Crippen molar-refractivity contribution < 1.29 is 4.79 Å². The molecule has 0 bridgehead atoms. The topological polar surface area (TPSA) is 17.1 Å². The zero-order valence-electron chi connectivity index (χ0n) is 8.15. The van der Waals surface area contributed by atoms with E-state index in [-0.39, 0.29) is 0 Å². The quantitative estimate of drug-likeness (QED) is 0.649. The molecule has 0 aliphatic heterocycles. The lowest BCUT2D eigenvalue weighted by atomic mass is 10.0. The van der Waals surface area contributed by atoms with Crippen LogP contribution >= 0.6 is 0 Å². The summed E-state index contributed by atoms with van der Waals surface area (Å²) in [5, 5.41) is 0. The zero-order valence-corrected chi connectivity index (χ0v) is 8.15. The number of fused-ring (bicyclic) bond motifs is 1. The summed E-state index contributed by atoms with van der Waals surface area (Å²) in [5.74, 6) is 2.25. The van der Waals surface area contributed by atoms with Crippen LogP contribution in [0.2, 0.25) is 0 Å². The third kappa shape index (κ3) is 1.12. The molecule has 0 amide bonds. The average Bonchev–Trinajstić information content (AvgIpc) is 2.72. The van der Waals surface area contributed by atoms with Crippen molar-refractivity contribution in [3.8, 4) is 0 Å². The highest BCUT2D eigenvalue weighted by atomic mass is 16.1. The molecule has 1 heteroatoms. The Bertz CT molecular complexity index is 345. The third-order valence-corrected chi connectivity index (χ3v) is 3.77. The van der Waals surface area contributed by atoms with Crippen molar-refractivity contribution in [1.29, 1.82) is 0 Å². The van der Waals surface area contributed by atoms with Gasteiger partial charge >= 0.3 is 0 Å². The van der Waals surface area contributed by atoms with Crippen LogP contribution in [0.1, 0.15) is 29.6 Å². The molecule has 2 atom stereocenters. The maximum atomic E-state index is 12.0. The first-order valence-electron chi connectivity index (χ1n) is 5.47. The molecule has 1 aromatic rings. The predicted molar refractivity (Wildman–Crippen MR) is 55.1 cm³/mol. The second-order valence-electron chi connectivity index (χ2n) is 4.51. The minimum Gasteiger partial charge on any atom is -0.294 e. The van der Waals surface area contributed by atoms with Gasteiger partial charge in [0, 0.05) is 11.5 Å². The number of benzene rings is 1. The molecule has 0 N–H and O–H groups in total. The van der Waals surface area contributed by atoms with Crippen LogP contribution in [-0.2, 0) is 0 Å². The molecule has 14 heavy (non-hydrogen) atoms. The van der Waals surface area contributed by atoms with Gasteiger partial charge in [0.15, 0.2) is 5.78 Å². The highest BCUT2D eigenvalue weighted by molar-refractivity contribution is 6.00. The minimum absolute atomic E-state index is 0.381. The van der Waals surface area contributed by atoms with Gasteiger partial charge in [0.25, 0.3) is 0 Å². The Morgan fingerprint density at radius 1 is 1.07 bits per heavy atom. The van der Waals surface area contributed by atoms with Gasteiger partial charge in [-0.05, 0) is 24.7 Å². The standard InChI is InChI=1S/C13H14O/c14-13(9-5-2-1-3-6-9)12-10-7-4-8-11(10)12/h1-3,5-6,10-12H,4,7-8H2.